The summed E-state index contributed by atoms with van der Waals surface area (Å²) in [5.74, 6) is 0.550. The summed E-state index contributed by atoms with van der Waals surface area (Å²) < 4.78 is 0. The number of rotatable bonds is 6. The van der Waals surface area contributed by atoms with Crippen molar-refractivity contribution in [2.24, 2.45) is 4.99 Å². The number of amides is 1. The molecule has 1 fully saturated rings. The Hall–Kier alpha value is -2.93. The number of carbonyl (C=O) groups is 1. The van der Waals surface area contributed by atoms with Gasteiger partial charge in [-0.1, -0.05) is 17.7 Å². The van der Waals surface area contributed by atoms with E-state index >= 15 is 0 Å². The van der Waals surface area contributed by atoms with Crippen LogP contribution >= 0.6 is 11.6 Å². The molecular weight excluding hydrogens is 390 g/mol. The van der Waals surface area contributed by atoms with Crippen molar-refractivity contribution in [3.8, 4) is 5.75 Å². The van der Waals surface area contributed by atoms with Crippen LogP contribution in [-0.2, 0) is 4.79 Å². The Bertz CT molecular complexity index is 856. The van der Waals surface area contributed by atoms with Crippen LogP contribution in [-0.4, -0.2) is 49.2 Å². The molecule has 1 aliphatic rings. The number of nitrogens with one attached hydrogen (secondary N) is 3. The molecular formula is C21H26ClN5O2. The summed E-state index contributed by atoms with van der Waals surface area (Å²) in [6.45, 7) is 4.46. The molecule has 0 aromatic heterocycles. The first kappa shape index (κ1) is 20.8. The zero-order valence-corrected chi connectivity index (χ0v) is 17.1. The first-order valence-electron chi connectivity index (χ1n) is 9.67. The van der Waals surface area contributed by atoms with Crippen molar-refractivity contribution in [2.45, 2.75) is 19.4 Å². The highest BCUT2D eigenvalue weighted by Crippen LogP contribution is 2.23. The predicted molar refractivity (Wildman–Crippen MR) is 118 cm³/mol. The molecule has 0 saturated carbocycles. The monoisotopic (exact) mass is 415 g/mol. The molecule has 1 aliphatic heterocycles. The van der Waals surface area contributed by atoms with E-state index in [4.69, 9.17) is 11.6 Å². The lowest BCUT2D eigenvalue weighted by atomic mass is 10.2. The SMILES string of the molecule is CCNC(=NCC(=O)Nc1ccc(O)cc1)NC1CCN(c2cccc(Cl)c2)C1. The number of carbonyl (C=O) groups excluding carboxylic acids is 1. The third-order valence-electron chi connectivity index (χ3n) is 4.58. The van der Waals surface area contributed by atoms with Gasteiger partial charge in [0.25, 0.3) is 0 Å². The second-order valence-corrected chi connectivity index (χ2v) is 7.28. The van der Waals surface area contributed by atoms with Crippen LogP contribution in [0.5, 0.6) is 5.75 Å². The van der Waals surface area contributed by atoms with Crippen molar-refractivity contribution in [1.29, 1.82) is 0 Å². The summed E-state index contributed by atoms with van der Waals surface area (Å²) in [4.78, 5) is 18.8. The summed E-state index contributed by atoms with van der Waals surface area (Å²) in [5, 5.41) is 19.4. The van der Waals surface area contributed by atoms with Crippen LogP contribution in [0, 0.1) is 0 Å². The summed E-state index contributed by atoms with van der Waals surface area (Å²) in [5.41, 5.74) is 1.73. The molecule has 3 rings (SSSR count). The number of phenolic OH excluding ortho intramolecular Hbond substituents is 1. The molecule has 29 heavy (non-hydrogen) atoms. The molecule has 2 aromatic rings. The van der Waals surface area contributed by atoms with Gasteiger partial charge in [0.05, 0.1) is 0 Å². The number of nitrogens with zero attached hydrogens (tertiary/aromatic N) is 2. The fourth-order valence-corrected chi connectivity index (χ4v) is 3.38. The van der Waals surface area contributed by atoms with Gasteiger partial charge in [-0.2, -0.15) is 0 Å². The van der Waals surface area contributed by atoms with E-state index in [1.54, 1.807) is 12.1 Å². The topological polar surface area (TPSA) is 89.0 Å². The van der Waals surface area contributed by atoms with E-state index in [0.717, 1.165) is 30.2 Å². The van der Waals surface area contributed by atoms with E-state index in [9.17, 15) is 9.90 Å². The predicted octanol–water partition coefficient (Wildman–Crippen LogP) is 2.82. The number of benzene rings is 2. The minimum Gasteiger partial charge on any atom is -0.508 e. The number of hydrogen-bond acceptors (Lipinski definition) is 4. The number of phenols is 1. The largest absolute Gasteiger partial charge is 0.508 e. The van der Waals surface area contributed by atoms with E-state index < -0.39 is 0 Å². The molecule has 0 radical (unpaired) electrons. The molecule has 1 heterocycles. The van der Waals surface area contributed by atoms with E-state index in [1.165, 1.54) is 12.1 Å². The van der Waals surface area contributed by atoms with E-state index in [-0.39, 0.29) is 24.2 Å². The zero-order chi connectivity index (χ0) is 20.6. The van der Waals surface area contributed by atoms with Gasteiger partial charge in [-0.05, 0) is 55.8 Å². The fourth-order valence-electron chi connectivity index (χ4n) is 3.19. The van der Waals surface area contributed by atoms with Crippen molar-refractivity contribution in [1.82, 2.24) is 10.6 Å². The van der Waals surface area contributed by atoms with Crippen LogP contribution < -0.4 is 20.9 Å². The average Bonchev–Trinajstić information content (AvgIpc) is 3.17. The molecule has 0 bridgehead atoms. The zero-order valence-electron chi connectivity index (χ0n) is 16.4. The van der Waals surface area contributed by atoms with Crippen molar-refractivity contribution in [3.05, 3.63) is 53.6 Å². The number of guanidine groups is 1. The Balaban J connectivity index is 1.54. The fraction of sp³-hybridized carbons (Fsp3) is 0.333. The van der Waals surface area contributed by atoms with Crippen molar-refractivity contribution < 1.29 is 9.90 Å². The Labute approximate surface area is 175 Å². The van der Waals surface area contributed by atoms with Gasteiger partial charge in [0.15, 0.2) is 5.96 Å². The van der Waals surface area contributed by atoms with Crippen LogP contribution in [0.1, 0.15) is 13.3 Å². The maximum atomic E-state index is 12.2. The molecule has 2 aromatic carbocycles. The van der Waals surface area contributed by atoms with Crippen LogP contribution in [0.4, 0.5) is 11.4 Å². The average molecular weight is 416 g/mol. The van der Waals surface area contributed by atoms with E-state index in [2.05, 4.69) is 31.9 Å². The van der Waals surface area contributed by atoms with Crippen LogP contribution in [0.2, 0.25) is 5.02 Å². The molecule has 7 nitrogen and oxygen atoms in total. The highest BCUT2D eigenvalue weighted by Gasteiger charge is 2.23. The molecule has 0 spiro atoms. The van der Waals surface area contributed by atoms with E-state index in [1.807, 2.05) is 25.1 Å². The Morgan fingerprint density at radius 2 is 2.07 bits per heavy atom. The van der Waals surface area contributed by atoms with Gasteiger partial charge in [0, 0.05) is 42.1 Å². The van der Waals surface area contributed by atoms with Gasteiger partial charge in [-0.25, -0.2) is 4.99 Å². The van der Waals surface area contributed by atoms with Gasteiger partial charge in [0.2, 0.25) is 5.91 Å². The van der Waals surface area contributed by atoms with Crippen molar-refractivity contribution in [2.75, 3.05) is 36.4 Å². The summed E-state index contributed by atoms with van der Waals surface area (Å²) in [7, 11) is 0. The van der Waals surface area contributed by atoms with Crippen LogP contribution in [0.3, 0.4) is 0 Å². The summed E-state index contributed by atoms with van der Waals surface area (Å²) >= 11 is 6.10. The normalized spacial score (nSPS) is 16.6. The molecule has 1 atom stereocenters. The Morgan fingerprint density at radius 3 is 2.79 bits per heavy atom. The second kappa shape index (κ2) is 10.0. The lowest BCUT2D eigenvalue weighted by molar-refractivity contribution is -0.114. The number of aromatic hydroxyl groups is 1. The number of anilines is 2. The van der Waals surface area contributed by atoms with Crippen molar-refractivity contribution in [3.63, 3.8) is 0 Å². The molecule has 4 N–H and O–H groups in total. The maximum Gasteiger partial charge on any atom is 0.246 e. The Morgan fingerprint density at radius 1 is 1.28 bits per heavy atom. The molecule has 1 saturated heterocycles. The molecule has 8 heteroatoms. The number of hydrogen-bond donors (Lipinski definition) is 4. The number of aliphatic imine (C=N–C) groups is 1. The third-order valence-corrected chi connectivity index (χ3v) is 4.81. The Kier molecular flexibility index (Phi) is 7.19. The lowest BCUT2D eigenvalue weighted by Gasteiger charge is -2.20. The van der Waals surface area contributed by atoms with Crippen LogP contribution in [0.15, 0.2) is 53.5 Å². The number of halogens is 1. The highest BCUT2D eigenvalue weighted by molar-refractivity contribution is 6.30. The molecule has 0 aliphatic carbocycles. The van der Waals surface area contributed by atoms with Gasteiger partial charge >= 0.3 is 0 Å². The summed E-state index contributed by atoms with van der Waals surface area (Å²) in [6, 6.07) is 14.4. The minimum atomic E-state index is -0.222. The van der Waals surface area contributed by atoms with E-state index in [0.29, 0.717) is 18.2 Å². The standard InChI is InChI=1S/C21H26ClN5O2/c1-2-23-21(24-13-20(29)25-16-6-8-19(28)9-7-16)26-17-10-11-27(14-17)18-5-3-4-15(22)12-18/h3-9,12,17,28H,2,10-11,13-14H2,1H3,(H,25,29)(H2,23,24,26). The van der Waals surface area contributed by atoms with Gasteiger partial charge in [0.1, 0.15) is 12.3 Å². The van der Waals surface area contributed by atoms with Crippen LogP contribution in [0.25, 0.3) is 0 Å². The molecule has 1 unspecified atom stereocenters. The lowest BCUT2D eigenvalue weighted by Crippen LogP contribution is -2.45. The first-order valence-corrected chi connectivity index (χ1v) is 10.1. The van der Waals surface area contributed by atoms with Gasteiger partial charge in [-0.3, -0.25) is 4.79 Å². The van der Waals surface area contributed by atoms with Gasteiger partial charge in [-0.15, -0.1) is 0 Å². The highest BCUT2D eigenvalue weighted by atomic mass is 35.5. The van der Waals surface area contributed by atoms with Gasteiger partial charge < -0.3 is 26.0 Å². The maximum absolute atomic E-state index is 12.2. The minimum absolute atomic E-state index is 0.000930. The smallest absolute Gasteiger partial charge is 0.246 e. The third kappa shape index (κ3) is 6.29. The molecule has 1 amide bonds. The molecule has 154 valence electrons. The summed E-state index contributed by atoms with van der Waals surface area (Å²) in [6.07, 6.45) is 0.969. The second-order valence-electron chi connectivity index (χ2n) is 6.85. The first-order chi connectivity index (χ1) is 14.0. The quantitative estimate of drug-likeness (QED) is 0.331. The van der Waals surface area contributed by atoms with Crippen molar-refractivity contribution >= 4 is 34.8 Å².